The Labute approximate surface area is 590 Å². The maximum Gasteiger partial charge on any atom is 0.325 e. The number of hydrogen-bond acceptors (Lipinski definition) is 17. The highest BCUT2D eigenvalue weighted by Crippen LogP contribution is 2.23. The van der Waals surface area contributed by atoms with E-state index in [4.69, 9.17) is 22.9 Å². The first-order valence-electron chi connectivity index (χ1n) is 34.6. The molecule has 21 N–H and O–H groups in total. The number of amides is 14. The molecule has 2 aliphatic heterocycles. The first-order chi connectivity index (χ1) is 47.3. The molecule has 0 unspecified atom stereocenters. The topological polar surface area (TPSA) is 540 Å². The fourth-order valence-corrected chi connectivity index (χ4v) is 11.3. The minimum absolute atomic E-state index is 0.0123. The zero-order valence-corrected chi connectivity index (χ0v) is 60.2. The summed E-state index contributed by atoms with van der Waals surface area (Å²) in [6.07, 6.45) is 0.624. The number of nitrogens with one attached hydrogen (secondary N) is 12. The Morgan fingerprint density at radius 2 is 0.970 bits per heavy atom. The summed E-state index contributed by atoms with van der Waals surface area (Å²) in [5.74, 6) is -15.1. The van der Waals surface area contributed by atoms with E-state index < -0.39 is 191 Å². The molecule has 2 aliphatic rings. The zero-order valence-electron chi connectivity index (χ0n) is 60.2. The van der Waals surface area contributed by atoms with Crippen LogP contribution in [0.1, 0.15) is 159 Å². The van der Waals surface area contributed by atoms with Gasteiger partial charge in [0.1, 0.15) is 72.5 Å². The van der Waals surface area contributed by atoms with Crippen LogP contribution in [0.2, 0.25) is 0 Å². The first-order valence-corrected chi connectivity index (χ1v) is 34.6. The van der Waals surface area contributed by atoms with Crippen molar-refractivity contribution in [3.05, 3.63) is 35.9 Å². The summed E-state index contributed by atoms with van der Waals surface area (Å²) < 4.78 is 0. The van der Waals surface area contributed by atoms with E-state index in [1.54, 1.807) is 85.7 Å². The molecule has 101 heavy (non-hydrogen) atoms. The van der Waals surface area contributed by atoms with Gasteiger partial charge in [-0.25, -0.2) is 0 Å². The Hall–Kier alpha value is -9.50. The van der Waals surface area contributed by atoms with Crippen molar-refractivity contribution in [1.29, 1.82) is 0 Å². The number of carboxylic acid groups (broad SMARTS) is 1. The lowest BCUT2D eigenvalue weighted by Gasteiger charge is -2.33. The molecule has 564 valence electrons. The number of aliphatic imine (C=N–C) groups is 1. The standard InChI is InChI=1S/C67H110N18O16/c1-33(2)29-44(60(94)80-47(32-50(69)87)59(93)74-38(11)54(88)76-42(22-17-27-73-67(70)71)56(90)79-46(31-40-19-14-13-15-20-40)58(92)75-39(12)66(100)101)81-63(97)51(35(5)6)83-62(96)48-23-18-28-85(48)65(99)53(37(9)10)84-64(98)52(36(7)8)82-61(95)45(30-34(3)4)78-57(91)43(24-25-49(68)86)77-55(89)41-21-16-26-72-41/h13-15,19-20,33-39,41-48,51-53,72H,16-18,21-32H2,1-12H3,(H2,68,86)(H2,69,87)(H,74,93)(H,75,92)(H,76,88)(H,77,89)(H,78,91)(H,79,90)(H,80,94)(H,81,97)(H,82,95)(H,83,96)(H,84,98)(H,100,101)(H4,70,71,73)/t38-,39-,41-,42-,43-,44-,45-,46-,47-,48-,51-,52-,53-/m0/s1. The normalized spacial score (nSPS) is 17.6. The van der Waals surface area contributed by atoms with E-state index in [0.29, 0.717) is 24.9 Å². The van der Waals surface area contributed by atoms with Crippen molar-refractivity contribution in [3.8, 4) is 0 Å². The third-order valence-electron chi connectivity index (χ3n) is 16.9. The van der Waals surface area contributed by atoms with Crippen molar-refractivity contribution in [1.82, 2.24) is 68.7 Å². The van der Waals surface area contributed by atoms with Crippen LogP contribution in [-0.2, 0) is 78.3 Å². The number of carboxylic acids is 1. The van der Waals surface area contributed by atoms with Crippen LogP contribution in [0, 0.1) is 29.6 Å². The molecule has 1 aromatic rings. The van der Waals surface area contributed by atoms with Gasteiger partial charge in [0.05, 0.1) is 12.5 Å². The fraction of sp³-hybridized carbons (Fsp3) is 0.672. The SMILES string of the molecule is CC(C)C[C@H](NC(=O)[C@H](CCC(N)=O)NC(=O)[C@@H]1CCCN1)C(=O)N[C@H](C(=O)N[C@H](C(=O)N1CCC[C@H]1C(=O)N[C@H](C(=O)N[C@@H](CC(C)C)C(=O)N[C@@H](CC(N)=O)C(=O)N[C@@H](C)C(=O)N[C@@H](CCCN=C(N)N)C(=O)N[C@@H](Cc1ccccc1)C(=O)N[C@@H](C)C(=O)O)C(C)C)C(C)C)C(C)C. The van der Waals surface area contributed by atoms with E-state index in [0.717, 1.165) is 6.42 Å². The molecule has 14 amide bonds. The third kappa shape index (κ3) is 29.3. The summed E-state index contributed by atoms with van der Waals surface area (Å²) in [6.45, 7) is 20.3. The molecule has 0 spiro atoms. The van der Waals surface area contributed by atoms with Crippen molar-refractivity contribution >= 4 is 94.6 Å². The van der Waals surface area contributed by atoms with Gasteiger partial charge in [0, 0.05) is 25.9 Å². The fourth-order valence-electron chi connectivity index (χ4n) is 11.3. The van der Waals surface area contributed by atoms with Gasteiger partial charge in [-0.1, -0.05) is 99.6 Å². The van der Waals surface area contributed by atoms with Gasteiger partial charge in [-0.2, -0.15) is 0 Å². The second-order valence-electron chi connectivity index (χ2n) is 27.8. The molecule has 2 heterocycles. The lowest BCUT2D eigenvalue weighted by Crippen LogP contribution is -2.62. The summed E-state index contributed by atoms with van der Waals surface area (Å²) in [6, 6.07) is -8.15. The molecule has 3 rings (SSSR count). The predicted octanol–water partition coefficient (Wildman–Crippen LogP) is -3.32. The summed E-state index contributed by atoms with van der Waals surface area (Å²) >= 11 is 0. The minimum atomic E-state index is -1.74. The van der Waals surface area contributed by atoms with Crippen LogP contribution in [-0.4, -0.2) is 203 Å². The third-order valence-corrected chi connectivity index (χ3v) is 16.9. The molecule has 0 radical (unpaired) electrons. The number of hydrogen-bond donors (Lipinski definition) is 17. The zero-order chi connectivity index (χ0) is 76.1. The van der Waals surface area contributed by atoms with Crippen molar-refractivity contribution in [2.24, 2.45) is 57.5 Å². The van der Waals surface area contributed by atoms with E-state index in [2.05, 4.69) is 68.8 Å². The van der Waals surface area contributed by atoms with Crippen molar-refractivity contribution in [2.75, 3.05) is 19.6 Å². The van der Waals surface area contributed by atoms with Gasteiger partial charge in [0.25, 0.3) is 0 Å². The van der Waals surface area contributed by atoms with Gasteiger partial charge in [-0.15, -0.1) is 0 Å². The molecule has 1 aromatic carbocycles. The van der Waals surface area contributed by atoms with E-state index >= 15 is 0 Å². The Balaban J connectivity index is 1.80. The van der Waals surface area contributed by atoms with Crippen LogP contribution in [0.25, 0.3) is 0 Å². The number of likely N-dealkylation sites (tertiary alicyclic amines) is 1. The van der Waals surface area contributed by atoms with Crippen LogP contribution in [0.3, 0.4) is 0 Å². The molecule has 34 nitrogen and oxygen atoms in total. The average Bonchev–Trinajstić information content (AvgIpc) is 1.76. The summed E-state index contributed by atoms with van der Waals surface area (Å²) in [7, 11) is 0. The predicted molar refractivity (Wildman–Crippen MR) is 372 cm³/mol. The Morgan fingerprint density at radius 3 is 1.50 bits per heavy atom. The highest BCUT2D eigenvalue weighted by Gasteiger charge is 2.43. The Morgan fingerprint density at radius 1 is 0.495 bits per heavy atom. The number of aliphatic carboxylic acids is 1. The molecule has 0 aromatic heterocycles. The van der Waals surface area contributed by atoms with Crippen LogP contribution in [0.4, 0.5) is 0 Å². The van der Waals surface area contributed by atoms with E-state index in [1.165, 1.54) is 18.7 Å². The quantitative estimate of drug-likeness (QED) is 0.0173. The highest BCUT2D eigenvalue weighted by molar-refractivity contribution is 6.01. The van der Waals surface area contributed by atoms with E-state index in [9.17, 15) is 77.0 Å². The molecule has 0 bridgehead atoms. The number of guanidine groups is 1. The summed E-state index contributed by atoms with van der Waals surface area (Å²) in [5.41, 5.74) is 22.5. The van der Waals surface area contributed by atoms with Crippen LogP contribution in [0.15, 0.2) is 35.3 Å². The average molecular weight is 1420 g/mol. The monoisotopic (exact) mass is 1420 g/mol. The second-order valence-corrected chi connectivity index (χ2v) is 27.8. The van der Waals surface area contributed by atoms with Crippen LogP contribution >= 0.6 is 0 Å². The Bertz CT molecular complexity index is 3080. The lowest BCUT2D eigenvalue weighted by atomic mass is 9.97. The van der Waals surface area contributed by atoms with Gasteiger partial charge in [-0.3, -0.25) is 76.9 Å². The van der Waals surface area contributed by atoms with Gasteiger partial charge >= 0.3 is 5.97 Å². The minimum Gasteiger partial charge on any atom is -0.480 e. The largest absolute Gasteiger partial charge is 0.480 e. The molecular weight excluding hydrogens is 1310 g/mol. The number of primary amides is 2. The number of carbonyl (C=O) groups excluding carboxylic acids is 14. The summed E-state index contributed by atoms with van der Waals surface area (Å²) in [5, 5.41) is 41.2. The maximum atomic E-state index is 14.6. The van der Waals surface area contributed by atoms with E-state index in [1.807, 2.05) is 13.8 Å². The number of rotatable bonds is 42. The van der Waals surface area contributed by atoms with Crippen molar-refractivity contribution in [2.45, 2.75) is 239 Å². The lowest BCUT2D eigenvalue weighted by molar-refractivity contribution is -0.144. The number of benzene rings is 1. The highest BCUT2D eigenvalue weighted by atomic mass is 16.4. The maximum absolute atomic E-state index is 14.6. The molecule has 2 fully saturated rings. The van der Waals surface area contributed by atoms with Crippen molar-refractivity contribution in [3.63, 3.8) is 0 Å². The first kappa shape index (κ1) is 85.7. The van der Waals surface area contributed by atoms with Crippen LogP contribution < -0.4 is 86.7 Å². The molecular formula is C67H110N18O16. The number of nitrogens with zero attached hydrogens (tertiary/aromatic N) is 2. The molecule has 34 heteroatoms. The summed E-state index contributed by atoms with van der Waals surface area (Å²) in [4.78, 5) is 209. The van der Waals surface area contributed by atoms with E-state index in [-0.39, 0.29) is 82.3 Å². The van der Waals surface area contributed by atoms with Gasteiger partial charge < -0.3 is 96.7 Å². The smallest absolute Gasteiger partial charge is 0.325 e. The van der Waals surface area contributed by atoms with Gasteiger partial charge in [0.15, 0.2) is 5.96 Å². The molecule has 13 atom stereocenters. The second kappa shape index (κ2) is 41.9. The Kier molecular flexibility index (Phi) is 35.6. The molecule has 0 saturated carbocycles. The van der Waals surface area contributed by atoms with Crippen molar-refractivity contribution < 1.29 is 77.0 Å². The van der Waals surface area contributed by atoms with Crippen LogP contribution in [0.5, 0.6) is 0 Å². The number of nitrogens with two attached hydrogens (primary N) is 4. The molecule has 0 aliphatic carbocycles. The number of carbonyl (C=O) groups is 15. The van der Waals surface area contributed by atoms with Gasteiger partial charge in [-0.05, 0) is 113 Å². The van der Waals surface area contributed by atoms with Gasteiger partial charge in [0.2, 0.25) is 82.7 Å². The molecule has 2 saturated heterocycles.